The Morgan fingerprint density at radius 1 is 1.17 bits per heavy atom. The third-order valence-electron chi connectivity index (χ3n) is 5.30. The number of carbonyl (C=O) groups excluding carboxylic acids is 2. The first kappa shape index (κ1) is 21.0. The number of hydrogen-bond acceptors (Lipinski definition) is 5. The van der Waals surface area contributed by atoms with Gasteiger partial charge in [0, 0.05) is 50.6 Å². The van der Waals surface area contributed by atoms with Crippen molar-refractivity contribution < 1.29 is 23.8 Å². The predicted octanol–water partition coefficient (Wildman–Crippen LogP) is 2.18. The Bertz CT molecular complexity index is 719. The van der Waals surface area contributed by atoms with Crippen molar-refractivity contribution in [1.29, 1.82) is 0 Å². The molecule has 4 amide bonds. The fourth-order valence-corrected chi connectivity index (χ4v) is 3.66. The van der Waals surface area contributed by atoms with Crippen LogP contribution in [-0.2, 0) is 4.74 Å². The first-order chi connectivity index (χ1) is 14.0. The second-order valence-electron chi connectivity index (χ2n) is 7.28. The standard InChI is InChI=1S/C20H30N4O5/c1-3-21-19(26)24-9-6-20(7-10-24,8-11-27-2)23-18(25)22-15-4-5-16-17(14-15)29-13-12-28-16/h4-5,14H,3,6-13H2,1-2H3,(H,21,26)(H2,22,23,25). The van der Waals surface area contributed by atoms with Crippen LogP contribution in [0.2, 0.25) is 0 Å². The maximum absolute atomic E-state index is 12.7. The molecule has 0 unspecified atom stereocenters. The SMILES string of the molecule is CCNC(=O)N1CCC(CCOC)(NC(=O)Nc2ccc3c(c2)OCCO3)CC1. The number of amides is 4. The summed E-state index contributed by atoms with van der Waals surface area (Å²) >= 11 is 0. The van der Waals surface area contributed by atoms with E-state index >= 15 is 0 Å². The van der Waals surface area contributed by atoms with E-state index in [4.69, 9.17) is 14.2 Å². The first-order valence-corrected chi connectivity index (χ1v) is 10.1. The normalized spacial score (nSPS) is 17.4. The van der Waals surface area contributed by atoms with Crippen LogP contribution in [0.5, 0.6) is 11.5 Å². The lowest BCUT2D eigenvalue weighted by Crippen LogP contribution is -2.58. The number of rotatable bonds is 6. The Morgan fingerprint density at radius 2 is 1.90 bits per heavy atom. The number of methoxy groups -OCH3 is 1. The van der Waals surface area contributed by atoms with Gasteiger partial charge in [0.15, 0.2) is 11.5 Å². The van der Waals surface area contributed by atoms with Crippen LogP contribution in [0.1, 0.15) is 26.2 Å². The smallest absolute Gasteiger partial charge is 0.319 e. The van der Waals surface area contributed by atoms with Crippen molar-refractivity contribution in [2.45, 2.75) is 31.7 Å². The molecule has 0 radical (unpaired) electrons. The van der Waals surface area contributed by atoms with E-state index < -0.39 is 5.54 Å². The molecule has 29 heavy (non-hydrogen) atoms. The fourth-order valence-electron chi connectivity index (χ4n) is 3.66. The highest BCUT2D eigenvalue weighted by Crippen LogP contribution is 2.33. The van der Waals surface area contributed by atoms with Gasteiger partial charge in [-0.05, 0) is 38.3 Å². The van der Waals surface area contributed by atoms with Crippen LogP contribution in [0.3, 0.4) is 0 Å². The Kier molecular flexibility index (Phi) is 7.03. The lowest BCUT2D eigenvalue weighted by molar-refractivity contribution is 0.108. The van der Waals surface area contributed by atoms with Gasteiger partial charge < -0.3 is 35.1 Å². The summed E-state index contributed by atoms with van der Waals surface area (Å²) in [6.07, 6.45) is 2.02. The van der Waals surface area contributed by atoms with Crippen LogP contribution in [0.15, 0.2) is 18.2 Å². The van der Waals surface area contributed by atoms with Crippen LogP contribution >= 0.6 is 0 Å². The Hall–Kier alpha value is -2.68. The molecule has 2 aliphatic rings. The van der Waals surface area contributed by atoms with Gasteiger partial charge >= 0.3 is 12.1 Å². The van der Waals surface area contributed by atoms with Gasteiger partial charge in [0.2, 0.25) is 0 Å². The Balaban J connectivity index is 1.61. The number of ether oxygens (including phenoxy) is 3. The molecule has 3 rings (SSSR count). The highest BCUT2D eigenvalue weighted by Gasteiger charge is 2.37. The number of benzene rings is 1. The molecule has 0 atom stereocenters. The highest BCUT2D eigenvalue weighted by atomic mass is 16.6. The monoisotopic (exact) mass is 406 g/mol. The molecule has 1 aromatic carbocycles. The molecule has 0 saturated carbocycles. The fraction of sp³-hybridized carbons (Fsp3) is 0.600. The number of nitrogens with one attached hydrogen (secondary N) is 3. The lowest BCUT2D eigenvalue weighted by Gasteiger charge is -2.42. The summed E-state index contributed by atoms with van der Waals surface area (Å²) in [6, 6.07) is 4.98. The van der Waals surface area contributed by atoms with E-state index in [0.717, 1.165) is 0 Å². The van der Waals surface area contributed by atoms with Gasteiger partial charge in [-0.3, -0.25) is 0 Å². The van der Waals surface area contributed by atoms with E-state index in [-0.39, 0.29) is 12.1 Å². The van der Waals surface area contributed by atoms with Crippen LogP contribution in [0.25, 0.3) is 0 Å². The molecule has 1 saturated heterocycles. The molecular formula is C20H30N4O5. The van der Waals surface area contributed by atoms with E-state index in [1.165, 1.54) is 0 Å². The van der Waals surface area contributed by atoms with Crippen LogP contribution in [-0.4, -0.2) is 69.1 Å². The summed E-state index contributed by atoms with van der Waals surface area (Å²) in [7, 11) is 1.65. The van der Waals surface area contributed by atoms with Crippen molar-refractivity contribution in [3.05, 3.63) is 18.2 Å². The number of carbonyl (C=O) groups is 2. The summed E-state index contributed by atoms with van der Waals surface area (Å²) in [4.78, 5) is 26.6. The molecule has 3 N–H and O–H groups in total. The van der Waals surface area contributed by atoms with E-state index in [9.17, 15) is 9.59 Å². The molecule has 9 heteroatoms. The highest BCUT2D eigenvalue weighted by molar-refractivity contribution is 5.90. The summed E-state index contributed by atoms with van der Waals surface area (Å²) < 4.78 is 16.3. The largest absolute Gasteiger partial charge is 0.486 e. The van der Waals surface area contributed by atoms with Gasteiger partial charge in [-0.2, -0.15) is 0 Å². The minimum Gasteiger partial charge on any atom is -0.486 e. The van der Waals surface area contributed by atoms with Crippen molar-refractivity contribution in [2.24, 2.45) is 0 Å². The average molecular weight is 406 g/mol. The zero-order valence-electron chi connectivity index (χ0n) is 17.1. The maximum atomic E-state index is 12.7. The van der Waals surface area contributed by atoms with E-state index in [0.29, 0.717) is 75.9 Å². The third kappa shape index (κ3) is 5.44. The van der Waals surface area contributed by atoms with Gasteiger partial charge in [-0.25, -0.2) is 9.59 Å². The number of anilines is 1. The minimum atomic E-state index is -0.420. The second kappa shape index (κ2) is 9.69. The second-order valence-corrected chi connectivity index (χ2v) is 7.28. The summed E-state index contributed by atoms with van der Waals surface area (Å²) in [6.45, 7) is 5.21. The lowest BCUT2D eigenvalue weighted by atomic mass is 9.84. The van der Waals surface area contributed by atoms with Gasteiger partial charge in [0.05, 0.1) is 0 Å². The van der Waals surface area contributed by atoms with E-state index in [1.807, 2.05) is 6.92 Å². The zero-order valence-corrected chi connectivity index (χ0v) is 17.1. The van der Waals surface area contributed by atoms with Gasteiger partial charge in [-0.1, -0.05) is 0 Å². The van der Waals surface area contributed by atoms with Crippen molar-refractivity contribution in [3.63, 3.8) is 0 Å². The number of fused-ring (bicyclic) bond motifs is 1. The number of likely N-dealkylation sites (tertiary alicyclic amines) is 1. The molecule has 1 fully saturated rings. The quantitative estimate of drug-likeness (QED) is 0.672. The summed E-state index contributed by atoms with van der Waals surface area (Å²) in [5.41, 5.74) is 0.213. The average Bonchev–Trinajstić information content (AvgIpc) is 2.73. The third-order valence-corrected chi connectivity index (χ3v) is 5.30. The predicted molar refractivity (Wildman–Crippen MR) is 109 cm³/mol. The van der Waals surface area contributed by atoms with Gasteiger partial charge in [0.1, 0.15) is 13.2 Å². The maximum Gasteiger partial charge on any atom is 0.319 e. The number of urea groups is 2. The molecule has 0 spiro atoms. The van der Waals surface area contributed by atoms with Crippen molar-refractivity contribution in [1.82, 2.24) is 15.5 Å². The molecular weight excluding hydrogens is 376 g/mol. The van der Waals surface area contributed by atoms with Gasteiger partial charge in [-0.15, -0.1) is 0 Å². The Morgan fingerprint density at radius 3 is 2.59 bits per heavy atom. The molecule has 1 aromatic rings. The van der Waals surface area contributed by atoms with E-state index in [2.05, 4.69) is 16.0 Å². The van der Waals surface area contributed by atoms with Gasteiger partial charge in [0.25, 0.3) is 0 Å². The molecule has 2 heterocycles. The molecule has 2 aliphatic heterocycles. The molecule has 160 valence electrons. The van der Waals surface area contributed by atoms with Crippen molar-refractivity contribution in [3.8, 4) is 11.5 Å². The summed E-state index contributed by atoms with van der Waals surface area (Å²) in [5, 5.41) is 8.83. The topological polar surface area (TPSA) is 101 Å². The minimum absolute atomic E-state index is 0.0615. The van der Waals surface area contributed by atoms with Crippen LogP contribution in [0, 0.1) is 0 Å². The van der Waals surface area contributed by atoms with Crippen LogP contribution in [0.4, 0.5) is 15.3 Å². The van der Waals surface area contributed by atoms with Crippen LogP contribution < -0.4 is 25.4 Å². The number of nitrogens with zero attached hydrogens (tertiary/aromatic N) is 1. The number of hydrogen-bond donors (Lipinski definition) is 3. The molecule has 0 bridgehead atoms. The Labute approximate surface area is 171 Å². The van der Waals surface area contributed by atoms with Crippen molar-refractivity contribution in [2.75, 3.05) is 51.9 Å². The zero-order chi connectivity index (χ0) is 20.7. The molecule has 0 aromatic heterocycles. The first-order valence-electron chi connectivity index (χ1n) is 10.1. The summed E-state index contributed by atoms with van der Waals surface area (Å²) in [5.74, 6) is 1.30. The molecule has 9 nitrogen and oxygen atoms in total. The van der Waals surface area contributed by atoms with Crippen molar-refractivity contribution >= 4 is 17.7 Å². The molecule has 0 aliphatic carbocycles. The van der Waals surface area contributed by atoms with E-state index in [1.54, 1.807) is 30.2 Å². The number of piperidine rings is 1.